The van der Waals surface area contributed by atoms with Gasteiger partial charge in [0.25, 0.3) is 5.56 Å². The second kappa shape index (κ2) is 8.82. The van der Waals surface area contributed by atoms with Crippen molar-refractivity contribution in [2.45, 2.75) is 26.2 Å². The van der Waals surface area contributed by atoms with E-state index < -0.39 is 5.82 Å². The second-order valence-electron chi connectivity index (χ2n) is 10.2. The van der Waals surface area contributed by atoms with Crippen molar-refractivity contribution in [1.29, 1.82) is 0 Å². The normalized spacial score (nSPS) is 17.0. The molecule has 2 aromatic heterocycles. The van der Waals surface area contributed by atoms with E-state index in [4.69, 9.17) is 11.6 Å². The van der Waals surface area contributed by atoms with Crippen LogP contribution in [0.5, 0.6) is 0 Å². The highest BCUT2D eigenvalue weighted by Gasteiger charge is 2.38. The summed E-state index contributed by atoms with van der Waals surface area (Å²) in [4.78, 5) is 24.4. The first-order valence-corrected chi connectivity index (χ1v) is 12.6. The van der Waals surface area contributed by atoms with Crippen LogP contribution in [-0.4, -0.2) is 45.5 Å². The van der Waals surface area contributed by atoms with Gasteiger partial charge in [-0.2, -0.15) is 5.10 Å². The summed E-state index contributed by atoms with van der Waals surface area (Å²) in [7, 11) is 1.87. The van der Waals surface area contributed by atoms with Crippen LogP contribution < -0.4 is 15.8 Å². The fourth-order valence-corrected chi connectivity index (χ4v) is 5.78. The number of benzene rings is 2. The molecule has 4 aromatic rings. The first-order chi connectivity index (χ1) is 17.9. The minimum Gasteiger partial charge on any atom is -0.356 e. The number of hydrogen-bond donors (Lipinski definition) is 1. The van der Waals surface area contributed by atoms with Crippen LogP contribution in [0.15, 0.2) is 47.4 Å². The Morgan fingerprint density at radius 1 is 1.14 bits per heavy atom. The molecule has 0 aliphatic carbocycles. The fraction of sp³-hybridized carbons (Fsp3) is 0.357. The molecule has 0 bridgehead atoms. The molecular formula is C28H28FN7O. The van der Waals surface area contributed by atoms with Crippen LogP contribution in [0.1, 0.15) is 24.8 Å². The van der Waals surface area contributed by atoms with Crippen molar-refractivity contribution in [3.05, 3.63) is 75.7 Å². The van der Waals surface area contributed by atoms with Gasteiger partial charge in [-0.25, -0.2) is 14.2 Å². The van der Waals surface area contributed by atoms with Gasteiger partial charge < -0.3 is 10.2 Å². The molecule has 0 amide bonds. The summed E-state index contributed by atoms with van der Waals surface area (Å²) in [6, 6.07) is 10.1. The summed E-state index contributed by atoms with van der Waals surface area (Å²) < 4.78 is 18.0. The quantitative estimate of drug-likeness (QED) is 0.426. The average Bonchev–Trinajstić information content (AvgIpc) is 3.52. The lowest BCUT2D eigenvalue weighted by Gasteiger charge is -2.40. The SMILES string of the molecule is [C-]#[N+]c1ccc(-c2nc(N3CCC4(CCNC4)CC3)c(C)c(=O)n2-c2ccc3c(cnn3C)c2)cc1F. The van der Waals surface area contributed by atoms with E-state index >= 15 is 0 Å². The van der Waals surface area contributed by atoms with Crippen LogP contribution in [0.2, 0.25) is 0 Å². The Morgan fingerprint density at radius 3 is 2.65 bits per heavy atom. The van der Waals surface area contributed by atoms with Crippen molar-refractivity contribution >= 4 is 22.4 Å². The molecule has 6 rings (SSSR count). The molecule has 0 radical (unpaired) electrons. The van der Waals surface area contributed by atoms with Gasteiger partial charge in [0.05, 0.1) is 29.5 Å². The summed E-state index contributed by atoms with van der Waals surface area (Å²) in [5.74, 6) is 0.369. The summed E-state index contributed by atoms with van der Waals surface area (Å²) in [6.45, 7) is 12.8. The second-order valence-corrected chi connectivity index (χ2v) is 10.2. The van der Waals surface area contributed by atoms with Gasteiger partial charge >= 0.3 is 0 Å². The van der Waals surface area contributed by atoms with Gasteiger partial charge in [-0.05, 0) is 62.4 Å². The topological polar surface area (TPSA) is 72.3 Å². The maximum absolute atomic E-state index is 14.7. The van der Waals surface area contributed by atoms with Gasteiger partial charge in [0, 0.05) is 37.6 Å². The van der Waals surface area contributed by atoms with Crippen molar-refractivity contribution in [3.8, 4) is 17.1 Å². The van der Waals surface area contributed by atoms with E-state index in [1.54, 1.807) is 21.5 Å². The van der Waals surface area contributed by atoms with E-state index in [9.17, 15) is 9.18 Å². The average molecular weight is 498 g/mol. The maximum atomic E-state index is 14.7. The highest BCUT2D eigenvalue weighted by molar-refractivity contribution is 5.81. The van der Waals surface area contributed by atoms with Crippen LogP contribution >= 0.6 is 0 Å². The number of piperidine rings is 1. The van der Waals surface area contributed by atoms with Crippen molar-refractivity contribution in [2.75, 3.05) is 31.1 Å². The van der Waals surface area contributed by atoms with Crippen LogP contribution in [0.3, 0.4) is 0 Å². The van der Waals surface area contributed by atoms with Gasteiger partial charge in [0.15, 0.2) is 0 Å². The Balaban J connectivity index is 1.51. The lowest BCUT2D eigenvalue weighted by Crippen LogP contribution is -2.43. The van der Waals surface area contributed by atoms with Crippen molar-refractivity contribution in [2.24, 2.45) is 12.5 Å². The third-order valence-corrected chi connectivity index (χ3v) is 8.05. The smallest absolute Gasteiger partial charge is 0.263 e. The molecule has 37 heavy (non-hydrogen) atoms. The van der Waals surface area contributed by atoms with E-state index in [-0.39, 0.29) is 11.2 Å². The molecule has 1 N–H and O–H groups in total. The molecule has 2 fully saturated rings. The number of aromatic nitrogens is 4. The minimum absolute atomic E-state index is 0.0618. The highest BCUT2D eigenvalue weighted by atomic mass is 19.1. The minimum atomic E-state index is -0.633. The number of nitrogens with one attached hydrogen (secondary N) is 1. The standard InChI is InChI=1S/C28H28FN7O/c1-18-25(35-12-9-28(10-13-35)8-11-31-17-28)33-26(19-4-6-23(30-2)22(29)15-19)36(27(18)37)21-5-7-24-20(14-21)16-32-34(24)3/h4-7,14-16,31H,8-13,17H2,1,3H3. The molecule has 2 aliphatic rings. The molecule has 9 heteroatoms. The molecule has 2 aliphatic heterocycles. The lowest BCUT2D eigenvalue weighted by atomic mass is 9.78. The Kier molecular flexibility index (Phi) is 5.57. The van der Waals surface area contributed by atoms with Gasteiger partial charge in [-0.1, -0.05) is 12.1 Å². The maximum Gasteiger partial charge on any atom is 0.263 e. The number of fused-ring (bicyclic) bond motifs is 1. The number of aryl methyl sites for hydroxylation is 1. The highest BCUT2D eigenvalue weighted by Crippen LogP contribution is 2.39. The van der Waals surface area contributed by atoms with Gasteiger partial charge in [0.1, 0.15) is 17.5 Å². The van der Waals surface area contributed by atoms with E-state index in [0.29, 0.717) is 33.9 Å². The molecule has 8 nitrogen and oxygen atoms in total. The molecule has 2 aromatic carbocycles. The summed E-state index contributed by atoms with van der Waals surface area (Å²) in [5.41, 5.74) is 2.66. The van der Waals surface area contributed by atoms with E-state index in [1.165, 1.54) is 18.6 Å². The zero-order valence-corrected chi connectivity index (χ0v) is 21.0. The number of halogens is 1. The molecule has 0 saturated carbocycles. The van der Waals surface area contributed by atoms with Gasteiger partial charge in [0.2, 0.25) is 5.69 Å². The van der Waals surface area contributed by atoms with E-state index in [0.717, 1.165) is 49.9 Å². The number of anilines is 1. The molecule has 2 saturated heterocycles. The Morgan fingerprint density at radius 2 is 1.95 bits per heavy atom. The summed E-state index contributed by atoms with van der Waals surface area (Å²) in [6.07, 6.45) is 5.03. The third kappa shape index (κ3) is 3.89. The number of nitrogens with zero attached hydrogens (tertiary/aromatic N) is 6. The molecule has 188 valence electrons. The van der Waals surface area contributed by atoms with Crippen molar-refractivity contribution < 1.29 is 4.39 Å². The molecule has 1 spiro atoms. The van der Waals surface area contributed by atoms with Crippen molar-refractivity contribution in [1.82, 2.24) is 24.6 Å². The molecule has 0 atom stereocenters. The van der Waals surface area contributed by atoms with Gasteiger partial charge in [-0.15, -0.1) is 0 Å². The van der Waals surface area contributed by atoms with E-state index in [1.807, 2.05) is 32.2 Å². The van der Waals surface area contributed by atoms with Crippen LogP contribution in [0.25, 0.3) is 32.8 Å². The first kappa shape index (κ1) is 23.4. The summed E-state index contributed by atoms with van der Waals surface area (Å²) in [5, 5.41) is 8.69. The number of rotatable bonds is 3. The largest absolute Gasteiger partial charge is 0.356 e. The third-order valence-electron chi connectivity index (χ3n) is 8.05. The predicted molar refractivity (Wildman–Crippen MR) is 142 cm³/mol. The molecule has 0 unspecified atom stereocenters. The van der Waals surface area contributed by atoms with Gasteiger partial charge in [-0.3, -0.25) is 14.0 Å². The lowest BCUT2D eigenvalue weighted by molar-refractivity contribution is 0.247. The monoisotopic (exact) mass is 497 g/mol. The Bertz CT molecular complexity index is 1610. The summed E-state index contributed by atoms with van der Waals surface area (Å²) >= 11 is 0. The number of hydrogen-bond acceptors (Lipinski definition) is 5. The van der Waals surface area contributed by atoms with E-state index in [2.05, 4.69) is 20.2 Å². The van der Waals surface area contributed by atoms with Crippen LogP contribution in [0, 0.1) is 24.7 Å². The van der Waals surface area contributed by atoms with Crippen LogP contribution in [0.4, 0.5) is 15.9 Å². The molecule has 4 heterocycles. The zero-order valence-electron chi connectivity index (χ0n) is 21.0. The Labute approximate surface area is 214 Å². The fourth-order valence-electron chi connectivity index (χ4n) is 5.78. The molecular weight excluding hydrogens is 469 g/mol. The zero-order chi connectivity index (χ0) is 25.7. The predicted octanol–water partition coefficient (Wildman–Crippen LogP) is 4.36. The first-order valence-electron chi connectivity index (χ1n) is 12.6. The van der Waals surface area contributed by atoms with Crippen molar-refractivity contribution in [3.63, 3.8) is 0 Å². The van der Waals surface area contributed by atoms with Crippen LogP contribution in [-0.2, 0) is 7.05 Å². The Hall–Kier alpha value is -4.03.